The van der Waals surface area contributed by atoms with Gasteiger partial charge in [-0.3, -0.25) is 18.6 Å². The minimum Gasteiger partial charge on any atom is -0.309 e. The Labute approximate surface area is 198 Å². The summed E-state index contributed by atoms with van der Waals surface area (Å²) in [6, 6.07) is 11.5. The lowest BCUT2D eigenvalue weighted by Gasteiger charge is -2.07. The highest BCUT2D eigenvalue weighted by Crippen LogP contribution is 2.35. The SMILES string of the molecule is Cc1ccc(-c2csc3nc(CSc4nnc5n(C)c(=O)c6ccccc6n45)[nH]c(=O)c23)s1. The van der Waals surface area contributed by atoms with Gasteiger partial charge >= 0.3 is 0 Å². The Morgan fingerprint density at radius 1 is 1.12 bits per heavy atom. The maximum absolute atomic E-state index is 12.9. The van der Waals surface area contributed by atoms with Crippen LogP contribution in [0.15, 0.2) is 56.5 Å². The number of nitrogens with zero attached hydrogens (tertiary/aromatic N) is 5. The number of fused-ring (bicyclic) bond motifs is 4. The van der Waals surface area contributed by atoms with Crippen LogP contribution in [0.3, 0.4) is 0 Å². The van der Waals surface area contributed by atoms with Gasteiger partial charge in [0, 0.05) is 27.7 Å². The molecule has 0 fully saturated rings. The molecule has 0 aliphatic heterocycles. The van der Waals surface area contributed by atoms with Gasteiger partial charge in [0.05, 0.1) is 22.0 Å². The maximum atomic E-state index is 12.9. The Bertz CT molecular complexity index is 1810. The number of thiophene rings is 2. The lowest BCUT2D eigenvalue weighted by atomic mass is 10.2. The molecule has 0 unspecified atom stereocenters. The van der Waals surface area contributed by atoms with E-state index < -0.39 is 0 Å². The average Bonchev–Trinajstić information content (AvgIpc) is 3.54. The van der Waals surface area contributed by atoms with Gasteiger partial charge in [-0.1, -0.05) is 23.9 Å². The third-order valence-electron chi connectivity index (χ3n) is 5.43. The Balaban J connectivity index is 1.39. The van der Waals surface area contributed by atoms with Gasteiger partial charge in [-0.05, 0) is 31.2 Å². The fourth-order valence-electron chi connectivity index (χ4n) is 3.86. The number of rotatable bonds is 4. The van der Waals surface area contributed by atoms with Crippen molar-refractivity contribution in [3.8, 4) is 10.4 Å². The molecule has 5 aromatic heterocycles. The van der Waals surface area contributed by atoms with Crippen molar-refractivity contribution in [3.05, 3.63) is 73.2 Å². The summed E-state index contributed by atoms with van der Waals surface area (Å²) in [4.78, 5) is 36.2. The molecular formula is C22H16N6O2S3. The minimum atomic E-state index is -0.142. The highest BCUT2D eigenvalue weighted by molar-refractivity contribution is 7.98. The second kappa shape index (κ2) is 7.65. The van der Waals surface area contributed by atoms with Crippen LogP contribution in [0.4, 0.5) is 0 Å². The largest absolute Gasteiger partial charge is 0.309 e. The van der Waals surface area contributed by atoms with Gasteiger partial charge in [0.15, 0.2) is 5.16 Å². The fraction of sp³-hybridized carbons (Fsp3) is 0.136. The number of nitrogens with one attached hydrogen (secondary N) is 1. The van der Waals surface area contributed by atoms with Gasteiger partial charge in [-0.2, -0.15) is 0 Å². The highest BCUT2D eigenvalue weighted by atomic mass is 32.2. The molecule has 1 N–H and O–H groups in total. The van der Waals surface area contributed by atoms with Gasteiger partial charge < -0.3 is 4.98 Å². The quantitative estimate of drug-likeness (QED) is 0.370. The molecule has 5 heterocycles. The predicted octanol–water partition coefficient (Wildman–Crippen LogP) is 4.21. The summed E-state index contributed by atoms with van der Waals surface area (Å²) in [5.74, 6) is 1.44. The van der Waals surface area contributed by atoms with Gasteiger partial charge in [-0.25, -0.2) is 4.98 Å². The van der Waals surface area contributed by atoms with Crippen LogP contribution in [-0.2, 0) is 12.8 Å². The molecule has 0 saturated carbocycles. The Kier molecular flexibility index (Phi) is 4.71. The van der Waals surface area contributed by atoms with E-state index in [4.69, 9.17) is 4.98 Å². The van der Waals surface area contributed by atoms with Crippen LogP contribution < -0.4 is 11.1 Å². The van der Waals surface area contributed by atoms with Crippen LogP contribution in [-0.4, -0.2) is 29.1 Å². The molecule has 33 heavy (non-hydrogen) atoms. The van der Waals surface area contributed by atoms with E-state index in [1.165, 1.54) is 32.5 Å². The summed E-state index contributed by atoms with van der Waals surface area (Å²) in [7, 11) is 1.68. The van der Waals surface area contributed by atoms with Crippen molar-refractivity contribution in [2.45, 2.75) is 17.8 Å². The summed E-state index contributed by atoms with van der Waals surface area (Å²) in [5.41, 5.74) is 1.41. The zero-order chi connectivity index (χ0) is 22.7. The normalized spacial score (nSPS) is 11.8. The smallest absolute Gasteiger partial charge is 0.262 e. The van der Waals surface area contributed by atoms with Crippen LogP contribution in [0, 0.1) is 6.92 Å². The zero-order valence-corrected chi connectivity index (χ0v) is 20.0. The highest BCUT2D eigenvalue weighted by Gasteiger charge is 2.17. The standard InChI is InChI=1S/C22H16N6O2S3/c1-11-7-8-15(33-11)13-9-31-19-17(13)18(29)23-16(24-19)10-32-22-26-25-21-27(2)20(30)12-5-3-4-6-14(12)28(21)22/h3-9H,10H2,1-2H3,(H,23,24,29). The molecule has 8 nitrogen and oxygen atoms in total. The number of hydrogen-bond donors (Lipinski definition) is 1. The summed E-state index contributed by atoms with van der Waals surface area (Å²) in [5, 5.41) is 12.4. The first-order valence-corrected chi connectivity index (χ1v) is 12.7. The first kappa shape index (κ1) is 20.3. The van der Waals surface area contributed by atoms with Crippen LogP contribution in [0.1, 0.15) is 10.7 Å². The fourth-order valence-corrected chi connectivity index (χ4v) is 6.59. The second-order valence-electron chi connectivity index (χ2n) is 7.54. The number of benzene rings is 1. The van der Waals surface area contributed by atoms with Crippen molar-refractivity contribution < 1.29 is 0 Å². The lowest BCUT2D eigenvalue weighted by molar-refractivity contribution is 0.853. The molecule has 0 aliphatic carbocycles. The van der Waals surface area contributed by atoms with Crippen molar-refractivity contribution in [1.29, 1.82) is 0 Å². The number of H-pyrrole nitrogens is 1. The molecule has 0 bridgehead atoms. The topological polar surface area (TPSA) is 97.9 Å². The van der Waals surface area contributed by atoms with Crippen LogP contribution in [0.25, 0.3) is 37.3 Å². The van der Waals surface area contributed by atoms with Gasteiger partial charge in [0.25, 0.3) is 11.1 Å². The van der Waals surface area contributed by atoms with E-state index in [0.717, 1.165) is 16.0 Å². The van der Waals surface area contributed by atoms with E-state index in [9.17, 15) is 9.59 Å². The number of aromatic amines is 1. The number of hydrogen-bond acceptors (Lipinski definition) is 8. The molecule has 11 heteroatoms. The number of para-hydroxylation sites is 1. The molecule has 0 radical (unpaired) electrons. The van der Waals surface area contributed by atoms with E-state index in [2.05, 4.69) is 28.2 Å². The number of thioether (sulfide) groups is 1. The van der Waals surface area contributed by atoms with Crippen LogP contribution in [0.2, 0.25) is 0 Å². The third kappa shape index (κ3) is 3.23. The van der Waals surface area contributed by atoms with Crippen molar-refractivity contribution >= 4 is 61.3 Å². The Morgan fingerprint density at radius 3 is 2.79 bits per heavy atom. The first-order chi connectivity index (χ1) is 16.0. The van der Waals surface area contributed by atoms with E-state index in [0.29, 0.717) is 38.1 Å². The molecule has 1 aromatic carbocycles. The molecule has 6 aromatic rings. The van der Waals surface area contributed by atoms with E-state index in [1.807, 2.05) is 34.0 Å². The minimum absolute atomic E-state index is 0.118. The van der Waals surface area contributed by atoms with E-state index in [-0.39, 0.29) is 11.1 Å². The molecule has 0 saturated heterocycles. The maximum Gasteiger partial charge on any atom is 0.262 e. The van der Waals surface area contributed by atoms with Crippen LogP contribution in [0.5, 0.6) is 0 Å². The molecule has 0 spiro atoms. The molecule has 0 atom stereocenters. The van der Waals surface area contributed by atoms with Crippen molar-refractivity contribution in [1.82, 2.24) is 29.1 Å². The first-order valence-electron chi connectivity index (χ1n) is 10.0. The Morgan fingerprint density at radius 2 is 1.97 bits per heavy atom. The number of aryl methyl sites for hydroxylation is 2. The Hall–Kier alpha value is -3.28. The third-order valence-corrected chi connectivity index (χ3v) is 8.28. The van der Waals surface area contributed by atoms with Crippen molar-refractivity contribution in [2.24, 2.45) is 7.05 Å². The van der Waals surface area contributed by atoms with Gasteiger partial charge in [0.2, 0.25) is 5.78 Å². The molecule has 0 amide bonds. The molecular weight excluding hydrogens is 476 g/mol. The predicted molar refractivity (Wildman–Crippen MR) is 134 cm³/mol. The zero-order valence-electron chi connectivity index (χ0n) is 17.5. The molecule has 0 aliphatic rings. The monoisotopic (exact) mass is 492 g/mol. The van der Waals surface area contributed by atoms with Crippen molar-refractivity contribution in [2.75, 3.05) is 0 Å². The molecule has 164 valence electrons. The van der Waals surface area contributed by atoms with Gasteiger partial charge in [0.1, 0.15) is 10.7 Å². The summed E-state index contributed by atoms with van der Waals surface area (Å²) in [6.07, 6.45) is 0. The summed E-state index contributed by atoms with van der Waals surface area (Å²) >= 11 is 4.55. The van der Waals surface area contributed by atoms with Crippen molar-refractivity contribution in [3.63, 3.8) is 0 Å². The molecule has 6 rings (SSSR count). The summed E-state index contributed by atoms with van der Waals surface area (Å²) < 4.78 is 3.35. The van der Waals surface area contributed by atoms with Gasteiger partial charge in [-0.15, -0.1) is 32.9 Å². The lowest BCUT2D eigenvalue weighted by Crippen LogP contribution is -2.20. The summed E-state index contributed by atoms with van der Waals surface area (Å²) in [6.45, 7) is 2.05. The van der Waals surface area contributed by atoms with E-state index in [1.54, 1.807) is 24.5 Å². The number of aromatic nitrogens is 6. The van der Waals surface area contributed by atoms with Crippen LogP contribution >= 0.6 is 34.4 Å². The second-order valence-corrected chi connectivity index (χ2v) is 10.6. The van der Waals surface area contributed by atoms with E-state index >= 15 is 0 Å². The average molecular weight is 493 g/mol.